The van der Waals surface area contributed by atoms with E-state index in [1.54, 1.807) is 38.1 Å². The van der Waals surface area contributed by atoms with Gasteiger partial charge in [-0.05, 0) is 67.5 Å². The fraction of sp³-hybridized carbons (Fsp3) is 0.375. The number of benzene rings is 2. The Bertz CT molecular complexity index is 943. The number of amides is 3. The van der Waals surface area contributed by atoms with E-state index in [0.717, 1.165) is 19.3 Å². The topological polar surface area (TPSA) is 96.5 Å². The minimum absolute atomic E-state index is 0.221. The molecule has 2 atom stereocenters. The fourth-order valence-electron chi connectivity index (χ4n) is 3.52. The summed E-state index contributed by atoms with van der Waals surface area (Å²) in [4.78, 5) is 37.4. The highest BCUT2D eigenvalue weighted by atomic mass is 16.5. The first-order valence-corrected chi connectivity index (χ1v) is 10.6. The quantitative estimate of drug-likeness (QED) is 0.589. The summed E-state index contributed by atoms with van der Waals surface area (Å²) in [7, 11) is 0. The van der Waals surface area contributed by atoms with Crippen LogP contribution in [0.1, 0.15) is 38.3 Å². The molecule has 31 heavy (non-hydrogen) atoms. The number of fused-ring (bicyclic) bond motifs is 1. The summed E-state index contributed by atoms with van der Waals surface area (Å²) in [6.45, 7) is 5.11. The first-order valence-electron chi connectivity index (χ1n) is 10.6. The molecule has 0 saturated heterocycles. The zero-order valence-corrected chi connectivity index (χ0v) is 18.1. The number of carbonyl (C=O) groups is 3. The molecular formula is C24H29N3O4. The summed E-state index contributed by atoms with van der Waals surface area (Å²) in [5.74, 6) is -1.29. The van der Waals surface area contributed by atoms with Gasteiger partial charge in [0.2, 0.25) is 0 Å². The van der Waals surface area contributed by atoms with Gasteiger partial charge in [0.05, 0.1) is 0 Å². The predicted molar refractivity (Wildman–Crippen MR) is 120 cm³/mol. The van der Waals surface area contributed by atoms with E-state index in [1.807, 2.05) is 24.3 Å². The van der Waals surface area contributed by atoms with Crippen LogP contribution in [-0.2, 0) is 27.2 Å². The number of anilines is 2. The van der Waals surface area contributed by atoms with Gasteiger partial charge in [-0.2, -0.15) is 0 Å². The standard InChI is InChI=1S/C24H29N3O4/c1-15(2)21(27-24(30)26-19-10-5-4-6-11-19)23(29)31-16(3)22(28)25-20-13-12-17-8-7-9-18(17)14-20/h4-6,10-16,21H,7-9H2,1-3H3,(H,25,28)(H2,26,27,30)/t16-,21-/m0/s1. The van der Waals surface area contributed by atoms with E-state index in [9.17, 15) is 14.4 Å². The zero-order chi connectivity index (χ0) is 22.4. The molecule has 0 heterocycles. The van der Waals surface area contributed by atoms with Crippen molar-refractivity contribution in [2.45, 2.75) is 52.2 Å². The van der Waals surface area contributed by atoms with Crippen molar-refractivity contribution < 1.29 is 19.1 Å². The number of hydrogen-bond acceptors (Lipinski definition) is 4. The lowest BCUT2D eigenvalue weighted by atomic mass is 10.0. The smallest absolute Gasteiger partial charge is 0.329 e. The number of ether oxygens (including phenoxy) is 1. The van der Waals surface area contributed by atoms with Crippen LogP contribution in [0.3, 0.4) is 0 Å². The molecule has 7 heteroatoms. The minimum Gasteiger partial charge on any atom is -0.451 e. The molecule has 0 bridgehead atoms. The van der Waals surface area contributed by atoms with Gasteiger partial charge in [0.15, 0.2) is 6.10 Å². The van der Waals surface area contributed by atoms with Crippen molar-refractivity contribution >= 4 is 29.3 Å². The molecule has 3 N–H and O–H groups in total. The molecule has 2 aromatic rings. The Hall–Kier alpha value is -3.35. The maximum Gasteiger partial charge on any atom is 0.329 e. The van der Waals surface area contributed by atoms with Gasteiger partial charge >= 0.3 is 12.0 Å². The van der Waals surface area contributed by atoms with Gasteiger partial charge in [-0.3, -0.25) is 4.79 Å². The summed E-state index contributed by atoms with van der Waals surface area (Å²) in [5.41, 5.74) is 3.86. The fourth-order valence-corrected chi connectivity index (χ4v) is 3.52. The van der Waals surface area contributed by atoms with E-state index in [2.05, 4.69) is 16.0 Å². The molecule has 0 saturated carbocycles. The van der Waals surface area contributed by atoms with Crippen LogP contribution in [0.4, 0.5) is 16.2 Å². The molecule has 3 amide bonds. The number of nitrogens with one attached hydrogen (secondary N) is 3. The van der Waals surface area contributed by atoms with Crippen molar-refractivity contribution in [3.05, 3.63) is 59.7 Å². The molecule has 0 unspecified atom stereocenters. The highest BCUT2D eigenvalue weighted by Crippen LogP contribution is 2.25. The molecule has 7 nitrogen and oxygen atoms in total. The van der Waals surface area contributed by atoms with Gasteiger partial charge in [0.25, 0.3) is 5.91 Å². The largest absolute Gasteiger partial charge is 0.451 e. The third kappa shape index (κ3) is 6.07. The molecule has 0 radical (unpaired) electrons. The second kappa shape index (κ2) is 10.1. The van der Waals surface area contributed by atoms with E-state index in [1.165, 1.54) is 18.1 Å². The van der Waals surface area contributed by atoms with Crippen LogP contribution in [0, 0.1) is 5.92 Å². The molecule has 164 valence electrons. The number of para-hydroxylation sites is 1. The van der Waals surface area contributed by atoms with Gasteiger partial charge in [0.1, 0.15) is 6.04 Å². The number of rotatable bonds is 7. The first kappa shape index (κ1) is 22.3. The molecule has 2 aromatic carbocycles. The summed E-state index contributed by atoms with van der Waals surface area (Å²) in [5, 5.41) is 8.11. The van der Waals surface area contributed by atoms with Crippen LogP contribution in [0.25, 0.3) is 0 Å². The third-order valence-corrected chi connectivity index (χ3v) is 5.27. The second-order valence-electron chi connectivity index (χ2n) is 8.09. The van der Waals surface area contributed by atoms with Gasteiger partial charge in [0, 0.05) is 11.4 Å². The van der Waals surface area contributed by atoms with E-state index in [0.29, 0.717) is 11.4 Å². The number of aryl methyl sites for hydroxylation is 2. The molecule has 0 aliphatic heterocycles. The van der Waals surface area contributed by atoms with Crippen molar-refractivity contribution in [1.82, 2.24) is 5.32 Å². The number of hydrogen-bond donors (Lipinski definition) is 3. The van der Waals surface area contributed by atoms with E-state index in [-0.39, 0.29) is 5.92 Å². The van der Waals surface area contributed by atoms with E-state index in [4.69, 9.17) is 4.74 Å². The van der Waals surface area contributed by atoms with Crippen LogP contribution >= 0.6 is 0 Å². The Labute approximate surface area is 182 Å². The lowest BCUT2D eigenvalue weighted by molar-refractivity contribution is -0.156. The Kier molecular flexibility index (Phi) is 7.28. The zero-order valence-electron chi connectivity index (χ0n) is 18.1. The molecule has 3 rings (SSSR count). The Morgan fingerprint density at radius 1 is 0.871 bits per heavy atom. The summed E-state index contributed by atoms with van der Waals surface area (Å²) >= 11 is 0. The molecule has 0 aromatic heterocycles. The normalized spacial score (nSPS) is 14.3. The van der Waals surface area contributed by atoms with Gasteiger partial charge < -0.3 is 20.7 Å². The number of urea groups is 1. The van der Waals surface area contributed by atoms with E-state index >= 15 is 0 Å². The Morgan fingerprint density at radius 2 is 1.58 bits per heavy atom. The second-order valence-corrected chi connectivity index (χ2v) is 8.09. The highest BCUT2D eigenvalue weighted by molar-refractivity contribution is 5.96. The summed E-state index contributed by atoms with van der Waals surface area (Å²) in [6, 6.07) is 13.4. The average Bonchev–Trinajstić information content (AvgIpc) is 3.20. The highest BCUT2D eigenvalue weighted by Gasteiger charge is 2.29. The lowest BCUT2D eigenvalue weighted by Gasteiger charge is -2.23. The summed E-state index contributed by atoms with van der Waals surface area (Å²) < 4.78 is 5.36. The van der Waals surface area contributed by atoms with Crippen LogP contribution in [0.2, 0.25) is 0 Å². The van der Waals surface area contributed by atoms with Crippen molar-refractivity contribution in [3.63, 3.8) is 0 Å². The van der Waals surface area contributed by atoms with Gasteiger partial charge in [-0.1, -0.05) is 38.1 Å². The maximum absolute atomic E-state index is 12.6. The maximum atomic E-state index is 12.6. The molecule has 1 aliphatic rings. The molecule has 1 aliphatic carbocycles. The Morgan fingerprint density at radius 3 is 2.29 bits per heavy atom. The lowest BCUT2D eigenvalue weighted by Crippen LogP contribution is -2.48. The number of esters is 1. The van der Waals surface area contributed by atoms with Crippen LogP contribution < -0.4 is 16.0 Å². The first-order chi connectivity index (χ1) is 14.8. The van der Waals surface area contributed by atoms with Crippen molar-refractivity contribution in [1.29, 1.82) is 0 Å². The Balaban J connectivity index is 1.55. The van der Waals surface area contributed by atoms with Crippen LogP contribution in [0.15, 0.2) is 48.5 Å². The summed E-state index contributed by atoms with van der Waals surface area (Å²) in [6.07, 6.45) is 2.21. The van der Waals surface area contributed by atoms with Crippen LogP contribution in [0.5, 0.6) is 0 Å². The molecule has 0 fully saturated rings. The number of carbonyl (C=O) groups excluding carboxylic acids is 3. The monoisotopic (exact) mass is 423 g/mol. The average molecular weight is 424 g/mol. The van der Waals surface area contributed by atoms with Gasteiger partial charge in [-0.25, -0.2) is 9.59 Å². The van der Waals surface area contributed by atoms with Crippen molar-refractivity contribution in [2.75, 3.05) is 10.6 Å². The van der Waals surface area contributed by atoms with Crippen molar-refractivity contribution in [3.8, 4) is 0 Å². The molecule has 0 spiro atoms. The van der Waals surface area contributed by atoms with Crippen molar-refractivity contribution in [2.24, 2.45) is 5.92 Å². The SMILES string of the molecule is CC(C)[C@H](NC(=O)Nc1ccccc1)C(=O)O[C@@H](C)C(=O)Nc1ccc2c(c1)CCC2. The predicted octanol–water partition coefficient (Wildman–Crippen LogP) is 3.89. The van der Waals surface area contributed by atoms with Gasteiger partial charge in [-0.15, -0.1) is 0 Å². The molecular weight excluding hydrogens is 394 g/mol. The third-order valence-electron chi connectivity index (χ3n) is 5.27. The van der Waals surface area contributed by atoms with E-state index < -0.39 is 30.1 Å². The van der Waals surface area contributed by atoms with Crippen LogP contribution in [-0.4, -0.2) is 30.1 Å². The minimum atomic E-state index is -0.999.